The molecule has 0 aliphatic carbocycles. The molecule has 0 radical (unpaired) electrons. The van der Waals surface area contributed by atoms with Gasteiger partial charge in [0.15, 0.2) is 0 Å². The van der Waals surface area contributed by atoms with E-state index in [4.69, 9.17) is 5.11 Å². The first kappa shape index (κ1) is 12.1. The van der Waals surface area contributed by atoms with Gasteiger partial charge in [0.05, 0.1) is 0 Å². The zero-order chi connectivity index (χ0) is 12.1. The van der Waals surface area contributed by atoms with Crippen molar-refractivity contribution in [1.29, 1.82) is 0 Å². The molecule has 0 spiro atoms. The monoisotopic (exact) mass is 229 g/mol. The molecule has 0 saturated carbocycles. The minimum atomic E-state index is 0.245. The van der Waals surface area contributed by atoms with Crippen LogP contribution in [-0.4, -0.2) is 18.3 Å². The van der Waals surface area contributed by atoms with Gasteiger partial charge in [-0.25, -0.2) is 0 Å². The van der Waals surface area contributed by atoms with Gasteiger partial charge in [-0.3, -0.25) is 0 Å². The Hall–Kier alpha value is -1.38. The first-order valence-corrected chi connectivity index (χ1v) is 6.15. The summed E-state index contributed by atoms with van der Waals surface area (Å²) in [5, 5.41) is 14.8. The first-order chi connectivity index (χ1) is 8.33. The molecule has 90 valence electrons. The molecule has 2 nitrogen and oxygen atoms in total. The van der Waals surface area contributed by atoms with Gasteiger partial charge in [0.1, 0.15) is 0 Å². The van der Waals surface area contributed by atoms with Crippen molar-refractivity contribution in [3.63, 3.8) is 0 Å². The van der Waals surface area contributed by atoms with Gasteiger partial charge in [-0.05, 0) is 36.2 Å². The van der Waals surface area contributed by atoms with E-state index in [1.807, 2.05) is 0 Å². The highest BCUT2D eigenvalue weighted by atomic mass is 16.3. The summed E-state index contributed by atoms with van der Waals surface area (Å²) >= 11 is 0. The molecule has 2 aromatic rings. The number of fused-ring (bicyclic) bond motifs is 1. The molecule has 0 aliphatic rings. The summed E-state index contributed by atoms with van der Waals surface area (Å²) in [5.41, 5.74) is 1.32. The normalized spacial score (nSPS) is 12.8. The molecule has 0 aromatic heterocycles. The predicted octanol–water partition coefficient (Wildman–Crippen LogP) is 2.87. The third-order valence-corrected chi connectivity index (χ3v) is 3.08. The topological polar surface area (TPSA) is 32.3 Å². The molecule has 0 bridgehead atoms. The van der Waals surface area contributed by atoms with Crippen LogP contribution in [0.5, 0.6) is 0 Å². The minimum Gasteiger partial charge on any atom is -0.396 e. The van der Waals surface area contributed by atoms with Crippen molar-refractivity contribution < 1.29 is 5.11 Å². The first-order valence-electron chi connectivity index (χ1n) is 6.15. The number of hydrogen-bond acceptors (Lipinski definition) is 2. The molecule has 0 aliphatic heterocycles. The van der Waals surface area contributed by atoms with Crippen LogP contribution in [0.3, 0.4) is 0 Å². The number of rotatable bonds is 5. The fraction of sp³-hybridized carbons (Fsp3) is 0.333. The Bertz CT molecular complexity index is 476. The van der Waals surface area contributed by atoms with Crippen LogP contribution in [0.1, 0.15) is 24.9 Å². The van der Waals surface area contributed by atoms with Crippen molar-refractivity contribution in [3.05, 3.63) is 48.0 Å². The molecule has 1 unspecified atom stereocenters. The van der Waals surface area contributed by atoms with Crippen molar-refractivity contribution >= 4 is 10.8 Å². The fourth-order valence-corrected chi connectivity index (χ4v) is 2.14. The molecule has 17 heavy (non-hydrogen) atoms. The van der Waals surface area contributed by atoms with Crippen molar-refractivity contribution in [2.45, 2.75) is 19.4 Å². The summed E-state index contributed by atoms with van der Waals surface area (Å²) in [7, 11) is 0. The molecule has 2 rings (SSSR count). The summed E-state index contributed by atoms with van der Waals surface area (Å²) in [4.78, 5) is 0. The van der Waals surface area contributed by atoms with Gasteiger partial charge in [-0.15, -0.1) is 0 Å². The summed E-state index contributed by atoms with van der Waals surface area (Å²) < 4.78 is 0. The third-order valence-electron chi connectivity index (χ3n) is 3.08. The van der Waals surface area contributed by atoms with E-state index in [0.29, 0.717) is 6.04 Å². The average molecular weight is 229 g/mol. The lowest BCUT2D eigenvalue weighted by Crippen LogP contribution is -2.20. The summed E-state index contributed by atoms with van der Waals surface area (Å²) in [6.45, 7) is 3.26. The number of aliphatic hydroxyl groups is 1. The largest absolute Gasteiger partial charge is 0.396 e. The maximum Gasteiger partial charge on any atom is 0.0443 e. The SMILES string of the molecule is CC(NCCCO)c1cccc2ccccc12. The van der Waals surface area contributed by atoms with Crippen LogP contribution in [-0.2, 0) is 0 Å². The Morgan fingerprint density at radius 3 is 2.71 bits per heavy atom. The molecule has 0 saturated heterocycles. The lowest BCUT2D eigenvalue weighted by atomic mass is 10.00. The Morgan fingerprint density at radius 2 is 1.88 bits per heavy atom. The molecular formula is C15H19NO. The minimum absolute atomic E-state index is 0.245. The van der Waals surface area contributed by atoms with Crippen LogP contribution in [0.2, 0.25) is 0 Å². The van der Waals surface area contributed by atoms with Crippen LogP contribution in [0, 0.1) is 0 Å². The van der Waals surface area contributed by atoms with E-state index in [-0.39, 0.29) is 6.61 Å². The van der Waals surface area contributed by atoms with Crippen LogP contribution in [0.15, 0.2) is 42.5 Å². The van der Waals surface area contributed by atoms with Crippen molar-refractivity contribution in [2.24, 2.45) is 0 Å². The molecule has 0 heterocycles. The van der Waals surface area contributed by atoms with Crippen LogP contribution in [0.25, 0.3) is 10.8 Å². The Morgan fingerprint density at radius 1 is 1.12 bits per heavy atom. The van der Waals surface area contributed by atoms with Gasteiger partial charge in [0.2, 0.25) is 0 Å². The summed E-state index contributed by atoms with van der Waals surface area (Å²) in [6.07, 6.45) is 0.801. The zero-order valence-electron chi connectivity index (χ0n) is 10.2. The summed E-state index contributed by atoms with van der Waals surface area (Å²) in [5.74, 6) is 0. The number of nitrogens with one attached hydrogen (secondary N) is 1. The molecule has 2 aromatic carbocycles. The fourth-order valence-electron chi connectivity index (χ4n) is 2.14. The van der Waals surface area contributed by atoms with Gasteiger partial charge >= 0.3 is 0 Å². The highest BCUT2D eigenvalue weighted by Crippen LogP contribution is 2.23. The smallest absolute Gasteiger partial charge is 0.0443 e. The molecule has 2 N–H and O–H groups in total. The van der Waals surface area contributed by atoms with Gasteiger partial charge < -0.3 is 10.4 Å². The third kappa shape index (κ3) is 2.84. The second-order valence-electron chi connectivity index (χ2n) is 4.32. The van der Waals surface area contributed by atoms with E-state index in [1.54, 1.807) is 0 Å². The van der Waals surface area contributed by atoms with E-state index in [0.717, 1.165) is 13.0 Å². The second-order valence-corrected chi connectivity index (χ2v) is 4.32. The number of benzene rings is 2. The maximum absolute atomic E-state index is 8.78. The van der Waals surface area contributed by atoms with Gasteiger partial charge in [-0.2, -0.15) is 0 Å². The molecular weight excluding hydrogens is 210 g/mol. The van der Waals surface area contributed by atoms with E-state index in [1.165, 1.54) is 16.3 Å². The van der Waals surface area contributed by atoms with E-state index >= 15 is 0 Å². The Balaban J connectivity index is 2.22. The number of aliphatic hydroxyl groups excluding tert-OH is 1. The van der Waals surface area contributed by atoms with E-state index in [2.05, 4.69) is 54.7 Å². The quantitative estimate of drug-likeness (QED) is 0.773. The molecule has 2 heteroatoms. The van der Waals surface area contributed by atoms with Crippen molar-refractivity contribution in [3.8, 4) is 0 Å². The average Bonchev–Trinajstić information content (AvgIpc) is 2.38. The van der Waals surface area contributed by atoms with Gasteiger partial charge in [-0.1, -0.05) is 42.5 Å². The lowest BCUT2D eigenvalue weighted by molar-refractivity contribution is 0.284. The van der Waals surface area contributed by atoms with Crippen molar-refractivity contribution in [1.82, 2.24) is 5.32 Å². The molecule has 1 atom stereocenters. The van der Waals surface area contributed by atoms with Gasteiger partial charge in [0, 0.05) is 12.6 Å². The zero-order valence-corrected chi connectivity index (χ0v) is 10.2. The van der Waals surface area contributed by atoms with Crippen LogP contribution in [0.4, 0.5) is 0 Å². The predicted molar refractivity (Wildman–Crippen MR) is 72.1 cm³/mol. The standard InChI is InChI=1S/C15H19NO/c1-12(16-10-5-11-17)14-9-4-7-13-6-2-3-8-15(13)14/h2-4,6-9,12,16-17H,5,10-11H2,1H3. The van der Waals surface area contributed by atoms with Crippen LogP contribution >= 0.6 is 0 Å². The van der Waals surface area contributed by atoms with E-state index in [9.17, 15) is 0 Å². The summed E-state index contributed by atoms with van der Waals surface area (Å²) in [6, 6.07) is 15.2. The Labute approximate surface area is 102 Å². The van der Waals surface area contributed by atoms with E-state index < -0.39 is 0 Å². The molecule has 0 fully saturated rings. The lowest BCUT2D eigenvalue weighted by Gasteiger charge is -2.16. The number of hydrogen-bond donors (Lipinski definition) is 2. The second kappa shape index (κ2) is 5.80. The highest BCUT2D eigenvalue weighted by Gasteiger charge is 2.07. The maximum atomic E-state index is 8.78. The van der Waals surface area contributed by atoms with Crippen LogP contribution < -0.4 is 5.32 Å². The van der Waals surface area contributed by atoms with Gasteiger partial charge in [0.25, 0.3) is 0 Å². The molecule has 0 amide bonds. The van der Waals surface area contributed by atoms with Crippen molar-refractivity contribution in [2.75, 3.05) is 13.2 Å². The highest BCUT2D eigenvalue weighted by molar-refractivity contribution is 5.86. The Kier molecular flexibility index (Phi) is 4.13.